The smallest absolute Gasteiger partial charge is 0.356 e. The Morgan fingerprint density at radius 2 is 1.49 bits per heavy atom. The molecule has 0 spiro atoms. The molecule has 3 aromatic rings. The largest absolute Gasteiger partial charge is 0.448 e. The number of fused-ring (bicyclic) bond motifs is 1. The number of nitrogens with zero attached hydrogens (tertiary/aromatic N) is 3. The zero-order valence-corrected chi connectivity index (χ0v) is 24.6. The highest BCUT2D eigenvalue weighted by Gasteiger charge is 2.56. The first kappa shape index (κ1) is 29.6. The van der Waals surface area contributed by atoms with Gasteiger partial charge in [-0.25, -0.2) is 4.79 Å². The molecule has 1 fully saturated rings. The molecular formula is C32H30N4O6S. The number of nitrogens with one attached hydrogen (secondary N) is 1. The summed E-state index contributed by atoms with van der Waals surface area (Å²) in [6, 6.07) is 26.6. The van der Waals surface area contributed by atoms with E-state index in [1.54, 1.807) is 24.3 Å². The maximum Gasteiger partial charge on any atom is 0.356 e. The molecule has 1 N–H and O–H groups in total. The summed E-state index contributed by atoms with van der Waals surface area (Å²) < 4.78 is 6.14. The number of amides is 2. The lowest BCUT2D eigenvalue weighted by molar-refractivity contribution is -0.154. The molecule has 0 aliphatic carbocycles. The lowest BCUT2D eigenvalue weighted by Gasteiger charge is -2.51. The monoisotopic (exact) mass is 598 g/mol. The van der Waals surface area contributed by atoms with Crippen LogP contribution in [0.5, 0.6) is 0 Å². The van der Waals surface area contributed by atoms with Gasteiger partial charge in [0.1, 0.15) is 31.3 Å². The molecule has 0 saturated carbocycles. The second kappa shape index (κ2) is 13.4. The third-order valence-corrected chi connectivity index (χ3v) is 8.41. The van der Waals surface area contributed by atoms with E-state index in [0.717, 1.165) is 11.1 Å². The number of hydrogen-bond donors (Lipinski definition) is 1. The number of ether oxygens (including phenoxy) is 1. The highest BCUT2D eigenvalue weighted by atomic mass is 32.2. The Labute approximate surface area is 253 Å². The summed E-state index contributed by atoms with van der Waals surface area (Å²) in [5.74, 6) is -1.74. The predicted octanol–water partition coefficient (Wildman–Crippen LogP) is 4.04. The lowest BCUT2D eigenvalue weighted by atomic mass is 9.99. The van der Waals surface area contributed by atoms with Gasteiger partial charge in [-0.15, -0.1) is 11.8 Å². The topological polar surface area (TPSA) is 119 Å². The standard InChI is InChI=1S/C32H30N4O6S/c1-20-24(19-33-40-2)27(32(39)42-28(22-15-9-5-10-16-22)23-17-11-6-12-18-23)36-30(38)26(31(36)43-20)34-29(37)25(35-41-3)21-13-7-4-8-14-21/h4-20,26,28,31H,1-3H3,(H,34,37)/b33-19?,35-25-/t20-,26?,31+/m1/s1. The van der Waals surface area contributed by atoms with Gasteiger partial charge in [0.05, 0.1) is 6.21 Å². The van der Waals surface area contributed by atoms with E-state index in [1.807, 2.05) is 73.7 Å². The van der Waals surface area contributed by atoms with Crippen molar-refractivity contribution in [2.24, 2.45) is 10.3 Å². The van der Waals surface area contributed by atoms with E-state index in [2.05, 4.69) is 15.6 Å². The number of oxime groups is 2. The van der Waals surface area contributed by atoms with Crippen LogP contribution in [0.25, 0.3) is 0 Å². The van der Waals surface area contributed by atoms with Crippen molar-refractivity contribution in [2.75, 3.05) is 14.2 Å². The highest BCUT2D eigenvalue weighted by Crippen LogP contribution is 2.44. The first-order chi connectivity index (χ1) is 20.9. The summed E-state index contributed by atoms with van der Waals surface area (Å²) in [5, 5.41) is 9.70. The number of carbonyl (C=O) groups excluding carboxylic acids is 3. The van der Waals surface area contributed by atoms with Gasteiger partial charge in [0, 0.05) is 16.4 Å². The zero-order chi connectivity index (χ0) is 30.3. The van der Waals surface area contributed by atoms with Crippen LogP contribution >= 0.6 is 11.8 Å². The molecule has 2 amide bonds. The number of benzene rings is 3. The van der Waals surface area contributed by atoms with Crippen LogP contribution in [0.1, 0.15) is 29.7 Å². The fourth-order valence-corrected chi connectivity index (χ4v) is 6.36. The molecule has 2 heterocycles. The maximum atomic E-state index is 14.0. The number of thioether (sulfide) groups is 1. The molecule has 3 atom stereocenters. The van der Waals surface area contributed by atoms with Crippen molar-refractivity contribution in [3.63, 3.8) is 0 Å². The minimum Gasteiger partial charge on any atom is -0.448 e. The van der Waals surface area contributed by atoms with Gasteiger partial charge in [0.2, 0.25) is 0 Å². The minimum atomic E-state index is -0.909. The Hall–Kier alpha value is -4.90. The Kier molecular flexibility index (Phi) is 9.21. The lowest BCUT2D eigenvalue weighted by Crippen LogP contribution is -2.71. The van der Waals surface area contributed by atoms with Crippen molar-refractivity contribution in [3.05, 3.63) is 119 Å². The van der Waals surface area contributed by atoms with E-state index in [1.165, 1.54) is 37.1 Å². The van der Waals surface area contributed by atoms with Crippen molar-refractivity contribution in [2.45, 2.75) is 29.7 Å². The number of esters is 1. The first-order valence-corrected chi connectivity index (χ1v) is 14.5. The van der Waals surface area contributed by atoms with Gasteiger partial charge in [0.25, 0.3) is 11.8 Å². The second-order valence-corrected chi connectivity index (χ2v) is 11.1. The van der Waals surface area contributed by atoms with Crippen molar-refractivity contribution >= 4 is 41.5 Å². The van der Waals surface area contributed by atoms with Crippen LogP contribution in [0, 0.1) is 0 Å². The second-order valence-electron chi connectivity index (χ2n) is 9.64. The average molecular weight is 599 g/mol. The van der Waals surface area contributed by atoms with Crippen molar-refractivity contribution in [1.29, 1.82) is 0 Å². The Morgan fingerprint density at radius 1 is 0.907 bits per heavy atom. The van der Waals surface area contributed by atoms with Crippen LogP contribution in [-0.4, -0.2) is 65.5 Å². The first-order valence-electron chi connectivity index (χ1n) is 13.5. The maximum absolute atomic E-state index is 14.0. The summed E-state index contributed by atoms with van der Waals surface area (Å²) in [6.07, 6.45) is 0.694. The fraction of sp³-hybridized carbons (Fsp3) is 0.219. The van der Waals surface area contributed by atoms with Gasteiger partial charge in [-0.1, -0.05) is 101 Å². The fourth-order valence-electron chi connectivity index (χ4n) is 4.95. The van der Waals surface area contributed by atoms with Crippen molar-refractivity contribution < 1.29 is 28.8 Å². The summed E-state index contributed by atoms with van der Waals surface area (Å²) in [6.45, 7) is 1.89. The molecule has 11 heteroatoms. The van der Waals surface area contributed by atoms with Crippen LogP contribution in [-0.2, 0) is 28.8 Å². The number of β-lactam (4-membered cyclic amide) rings is 1. The van der Waals surface area contributed by atoms with E-state index in [9.17, 15) is 14.4 Å². The third-order valence-electron chi connectivity index (χ3n) is 6.99. The highest BCUT2D eigenvalue weighted by molar-refractivity contribution is 8.00. The van der Waals surface area contributed by atoms with E-state index >= 15 is 0 Å². The van der Waals surface area contributed by atoms with E-state index < -0.39 is 35.3 Å². The van der Waals surface area contributed by atoms with E-state index in [0.29, 0.717) is 11.1 Å². The van der Waals surface area contributed by atoms with Crippen LogP contribution in [0.2, 0.25) is 0 Å². The number of rotatable bonds is 10. The van der Waals surface area contributed by atoms with Gasteiger partial charge in [-0.3, -0.25) is 14.5 Å². The van der Waals surface area contributed by atoms with Crippen LogP contribution < -0.4 is 5.32 Å². The van der Waals surface area contributed by atoms with Crippen molar-refractivity contribution in [1.82, 2.24) is 10.2 Å². The molecule has 43 heavy (non-hydrogen) atoms. The molecule has 3 aromatic carbocycles. The van der Waals surface area contributed by atoms with Gasteiger partial charge in [-0.05, 0) is 18.1 Å². The van der Waals surface area contributed by atoms with Crippen LogP contribution in [0.15, 0.2) is 113 Å². The van der Waals surface area contributed by atoms with Gasteiger partial charge in [-0.2, -0.15) is 0 Å². The average Bonchev–Trinajstić information content (AvgIpc) is 3.05. The quantitative estimate of drug-likeness (QED) is 0.162. The summed E-state index contributed by atoms with van der Waals surface area (Å²) in [4.78, 5) is 52.1. The predicted molar refractivity (Wildman–Crippen MR) is 163 cm³/mol. The molecule has 2 aliphatic heterocycles. The van der Waals surface area contributed by atoms with Gasteiger partial charge in [0.15, 0.2) is 11.8 Å². The van der Waals surface area contributed by atoms with E-state index in [-0.39, 0.29) is 16.7 Å². The Balaban J connectivity index is 1.45. The summed E-state index contributed by atoms with van der Waals surface area (Å²) in [7, 11) is 2.74. The molecule has 0 aromatic heterocycles. The molecule has 0 bridgehead atoms. The Bertz CT molecular complexity index is 1520. The molecule has 5 rings (SSSR count). The molecule has 2 aliphatic rings. The number of carbonyl (C=O) groups is 3. The molecule has 1 saturated heterocycles. The SMILES string of the molecule is CON=CC1=C(C(=O)OC(c2ccccc2)c2ccccc2)N2C(=O)C(NC(=O)/C(=N\OC)c3ccccc3)[C@@H]2S[C@@H]1C. The van der Waals surface area contributed by atoms with Gasteiger partial charge >= 0.3 is 5.97 Å². The van der Waals surface area contributed by atoms with Crippen LogP contribution in [0.4, 0.5) is 0 Å². The molecule has 10 nitrogen and oxygen atoms in total. The third kappa shape index (κ3) is 6.17. The van der Waals surface area contributed by atoms with Gasteiger partial charge < -0.3 is 19.7 Å². The van der Waals surface area contributed by atoms with E-state index in [4.69, 9.17) is 14.4 Å². The van der Waals surface area contributed by atoms with Crippen LogP contribution in [0.3, 0.4) is 0 Å². The normalized spacial score (nSPS) is 20.0. The zero-order valence-electron chi connectivity index (χ0n) is 23.7. The van der Waals surface area contributed by atoms with Crippen molar-refractivity contribution in [3.8, 4) is 0 Å². The summed E-state index contributed by atoms with van der Waals surface area (Å²) >= 11 is 1.41. The molecule has 1 unspecified atom stereocenters. The minimum absolute atomic E-state index is 0.0277. The molecule has 220 valence electrons. The summed E-state index contributed by atoms with van der Waals surface area (Å²) in [5.41, 5.74) is 2.63. The Morgan fingerprint density at radius 3 is 2.05 bits per heavy atom. The number of hydrogen-bond acceptors (Lipinski definition) is 9. The molecule has 0 radical (unpaired) electrons. The molecular weight excluding hydrogens is 568 g/mol.